The highest BCUT2D eigenvalue weighted by molar-refractivity contribution is 5.91. The van der Waals surface area contributed by atoms with Crippen molar-refractivity contribution in [2.45, 2.75) is 20.0 Å². The number of likely N-dealkylation sites (N-methyl/N-ethyl adjacent to an activating group) is 1. The SMILES string of the molecule is CCN(CCO)C(=O)c1coc(CN2CCN(Cc3ccccc3)CC2)n1. The molecule has 0 spiro atoms. The molecule has 0 atom stereocenters. The third-order valence-electron chi connectivity index (χ3n) is 4.88. The maximum absolute atomic E-state index is 12.4. The quantitative estimate of drug-likeness (QED) is 0.756. The van der Waals surface area contributed by atoms with Crippen molar-refractivity contribution in [2.24, 2.45) is 0 Å². The Morgan fingerprint density at radius 2 is 1.81 bits per heavy atom. The Morgan fingerprint density at radius 1 is 1.15 bits per heavy atom. The maximum atomic E-state index is 12.4. The van der Waals surface area contributed by atoms with Crippen molar-refractivity contribution in [1.82, 2.24) is 19.7 Å². The molecule has 1 saturated heterocycles. The summed E-state index contributed by atoms with van der Waals surface area (Å²) in [6.45, 7) is 8.15. The van der Waals surface area contributed by atoms with Crippen LogP contribution in [0.15, 0.2) is 41.0 Å². The molecule has 1 aromatic carbocycles. The monoisotopic (exact) mass is 372 g/mol. The van der Waals surface area contributed by atoms with Gasteiger partial charge < -0.3 is 14.4 Å². The van der Waals surface area contributed by atoms with E-state index in [0.717, 1.165) is 32.7 Å². The Bertz CT molecular complexity index is 711. The minimum Gasteiger partial charge on any atom is -0.447 e. The van der Waals surface area contributed by atoms with Crippen molar-refractivity contribution in [3.05, 3.63) is 53.7 Å². The zero-order chi connectivity index (χ0) is 19.1. The molecule has 3 rings (SSSR count). The largest absolute Gasteiger partial charge is 0.447 e. The summed E-state index contributed by atoms with van der Waals surface area (Å²) in [6.07, 6.45) is 1.42. The Kier molecular flexibility index (Phi) is 6.98. The van der Waals surface area contributed by atoms with Crippen molar-refractivity contribution >= 4 is 5.91 Å². The van der Waals surface area contributed by atoms with Crippen LogP contribution in [0.2, 0.25) is 0 Å². The lowest BCUT2D eigenvalue weighted by molar-refractivity contribution is 0.0726. The number of aliphatic hydroxyl groups is 1. The molecule has 2 aromatic rings. The van der Waals surface area contributed by atoms with Crippen molar-refractivity contribution in [2.75, 3.05) is 45.9 Å². The first-order chi connectivity index (χ1) is 13.2. The van der Waals surface area contributed by atoms with Gasteiger partial charge in [0.1, 0.15) is 6.26 Å². The van der Waals surface area contributed by atoms with Gasteiger partial charge in [-0.15, -0.1) is 0 Å². The number of carbonyl (C=O) groups excluding carboxylic acids is 1. The number of amides is 1. The summed E-state index contributed by atoms with van der Waals surface area (Å²) < 4.78 is 5.51. The number of carbonyl (C=O) groups is 1. The number of hydrogen-bond acceptors (Lipinski definition) is 6. The molecule has 0 unspecified atom stereocenters. The molecule has 1 aliphatic rings. The van der Waals surface area contributed by atoms with Gasteiger partial charge >= 0.3 is 0 Å². The minimum absolute atomic E-state index is 0.0580. The molecule has 7 nitrogen and oxygen atoms in total. The van der Waals surface area contributed by atoms with Crippen molar-refractivity contribution in [1.29, 1.82) is 0 Å². The molecule has 0 aliphatic carbocycles. The van der Waals surface area contributed by atoms with Crippen molar-refractivity contribution in [3.8, 4) is 0 Å². The van der Waals surface area contributed by atoms with Gasteiger partial charge in [0.15, 0.2) is 5.69 Å². The van der Waals surface area contributed by atoms with Gasteiger partial charge in [-0.2, -0.15) is 0 Å². The van der Waals surface area contributed by atoms with Crippen LogP contribution in [0.4, 0.5) is 0 Å². The molecule has 1 fully saturated rings. The fourth-order valence-electron chi connectivity index (χ4n) is 3.31. The topological polar surface area (TPSA) is 73.1 Å². The second-order valence-electron chi connectivity index (χ2n) is 6.77. The van der Waals surface area contributed by atoms with Gasteiger partial charge in [-0.25, -0.2) is 4.98 Å². The Morgan fingerprint density at radius 3 is 2.44 bits per heavy atom. The molecule has 0 saturated carbocycles. The lowest BCUT2D eigenvalue weighted by Crippen LogP contribution is -2.45. The summed E-state index contributed by atoms with van der Waals surface area (Å²) in [7, 11) is 0. The van der Waals surface area contributed by atoms with E-state index in [9.17, 15) is 4.79 Å². The third kappa shape index (κ3) is 5.38. The third-order valence-corrected chi connectivity index (χ3v) is 4.88. The second kappa shape index (κ2) is 9.64. The van der Waals surface area contributed by atoms with Crippen LogP contribution in [-0.2, 0) is 13.1 Å². The van der Waals surface area contributed by atoms with E-state index in [4.69, 9.17) is 9.52 Å². The van der Waals surface area contributed by atoms with Crippen LogP contribution >= 0.6 is 0 Å². The molecule has 1 amide bonds. The molecule has 1 N–H and O–H groups in total. The smallest absolute Gasteiger partial charge is 0.275 e. The van der Waals surface area contributed by atoms with Gasteiger partial charge in [0, 0.05) is 45.8 Å². The van der Waals surface area contributed by atoms with E-state index >= 15 is 0 Å². The zero-order valence-corrected chi connectivity index (χ0v) is 15.9. The van der Waals surface area contributed by atoms with E-state index in [0.29, 0.717) is 31.2 Å². The molecule has 27 heavy (non-hydrogen) atoms. The van der Waals surface area contributed by atoms with E-state index in [1.54, 1.807) is 4.90 Å². The average Bonchev–Trinajstić information content (AvgIpc) is 3.16. The molecule has 146 valence electrons. The summed E-state index contributed by atoms with van der Waals surface area (Å²) in [5.41, 5.74) is 1.65. The summed E-state index contributed by atoms with van der Waals surface area (Å²) >= 11 is 0. The van der Waals surface area contributed by atoms with E-state index in [1.165, 1.54) is 11.8 Å². The van der Waals surface area contributed by atoms with Gasteiger partial charge in [-0.3, -0.25) is 14.6 Å². The van der Waals surface area contributed by atoms with Crippen LogP contribution in [-0.4, -0.2) is 76.6 Å². The predicted molar refractivity (Wildman–Crippen MR) is 102 cm³/mol. The van der Waals surface area contributed by atoms with E-state index < -0.39 is 0 Å². The molecule has 0 radical (unpaired) electrons. The minimum atomic E-state index is -0.200. The lowest BCUT2D eigenvalue weighted by atomic mass is 10.2. The number of oxazole rings is 1. The number of piperazine rings is 1. The highest BCUT2D eigenvalue weighted by atomic mass is 16.3. The Balaban J connectivity index is 1.48. The maximum Gasteiger partial charge on any atom is 0.275 e. The number of aromatic nitrogens is 1. The first-order valence-electron chi connectivity index (χ1n) is 9.52. The van der Waals surface area contributed by atoms with Crippen LogP contribution in [0, 0.1) is 0 Å². The number of hydrogen-bond donors (Lipinski definition) is 1. The van der Waals surface area contributed by atoms with Gasteiger partial charge in [0.05, 0.1) is 13.2 Å². The number of benzene rings is 1. The van der Waals surface area contributed by atoms with Crippen molar-refractivity contribution < 1.29 is 14.3 Å². The molecule has 1 aliphatic heterocycles. The summed E-state index contributed by atoms with van der Waals surface area (Å²) in [5.74, 6) is 0.365. The average molecular weight is 372 g/mol. The van der Waals surface area contributed by atoms with Crippen LogP contribution < -0.4 is 0 Å². The highest BCUT2D eigenvalue weighted by Crippen LogP contribution is 2.12. The van der Waals surface area contributed by atoms with E-state index in [-0.39, 0.29) is 12.5 Å². The summed E-state index contributed by atoms with van der Waals surface area (Å²) in [5, 5.41) is 9.05. The molecule has 2 heterocycles. The van der Waals surface area contributed by atoms with E-state index in [1.807, 2.05) is 13.0 Å². The molecule has 1 aromatic heterocycles. The molecular formula is C20H28N4O3. The number of nitrogens with zero attached hydrogens (tertiary/aromatic N) is 4. The number of aliphatic hydroxyl groups excluding tert-OH is 1. The summed E-state index contributed by atoms with van der Waals surface area (Å²) in [6, 6.07) is 10.5. The molecule has 0 bridgehead atoms. The van der Waals surface area contributed by atoms with Crippen LogP contribution in [0.25, 0.3) is 0 Å². The second-order valence-corrected chi connectivity index (χ2v) is 6.77. The Labute approximate surface area is 160 Å². The van der Waals surface area contributed by atoms with Gasteiger partial charge in [-0.1, -0.05) is 30.3 Å². The standard InChI is InChI=1S/C20H28N4O3/c1-2-24(12-13-25)20(26)18-16-27-19(21-18)15-23-10-8-22(9-11-23)14-17-6-4-3-5-7-17/h3-7,16,25H,2,8-15H2,1H3. The lowest BCUT2D eigenvalue weighted by Gasteiger charge is -2.34. The first kappa shape index (κ1) is 19.5. The van der Waals surface area contributed by atoms with Crippen molar-refractivity contribution in [3.63, 3.8) is 0 Å². The van der Waals surface area contributed by atoms with Gasteiger partial charge in [0.25, 0.3) is 5.91 Å². The van der Waals surface area contributed by atoms with Crippen LogP contribution in [0.1, 0.15) is 28.9 Å². The van der Waals surface area contributed by atoms with Gasteiger partial charge in [-0.05, 0) is 12.5 Å². The van der Waals surface area contributed by atoms with Crippen LogP contribution in [0.5, 0.6) is 0 Å². The first-order valence-corrected chi connectivity index (χ1v) is 9.52. The van der Waals surface area contributed by atoms with E-state index in [2.05, 4.69) is 39.0 Å². The predicted octanol–water partition coefficient (Wildman–Crippen LogP) is 1.45. The normalized spacial score (nSPS) is 15.8. The van der Waals surface area contributed by atoms with Gasteiger partial charge in [0.2, 0.25) is 5.89 Å². The fourth-order valence-corrected chi connectivity index (χ4v) is 3.31. The highest BCUT2D eigenvalue weighted by Gasteiger charge is 2.21. The molecular weight excluding hydrogens is 344 g/mol. The number of rotatable bonds is 8. The fraction of sp³-hybridized carbons (Fsp3) is 0.500. The molecule has 7 heteroatoms. The zero-order valence-electron chi connectivity index (χ0n) is 15.9. The Hall–Kier alpha value is -2.22. The summed E-state index contributed by atoms with van der Waals surface area (Å²) in [4.78, 5) is 23.0. The van der Waals surface area contributed by atoms with Crippen LogP contribution in [0.3, 0.4) is 0 Å².